The van der Waals surface area contributed by atoms with Gasteiger partial charge in [0.25, 0.3) is 0 Å². The molecule has 0 aromatic carbocycles. The van der Waals surface area contributed by atoms with E-state index in [4.69, 9.17) is 51.5 Å². The van der Waals surface area contributed by atoms with Crippen LogP contribution in [0.5, 0.6) is 0 Å². The lowest BCUT2D eigenvalue weighted by Gasteiger charge is -2.48. The summed E-state index contributed by atoms with van der Waals surface area (Å²) in [7, 11) is 0. The molecule has 360 valence electrons. The molecule has 0 aliphatic carbocycles. The Morgan fingerprint density at radius 1 is 0.460 bits per heavy atom. The zero-order valence-electron chi connectivity index (χ0n) is 40.5. The molecule has 0 bridgehead atoms. The highest BCUT2D eigenvalue weighted by molar-refractivity contribution is 5.76. The Kier molecular flexibility index (Phi) is 23.6. The number of carbonyl (C=O) groups excluding carboxylic acids is 8. The Balaban J connectivity index is 2.40. The van der Waals surface area contributed by atoms with Crippen LogP contribution in [-0.4, -0.2) is 122 Å². The molecule has 0 aromatic heterocycles. The third-order valence-electron chi connectivity index (χ3n) is 10.1. The topological polar surface area (TPSA) is 241 Å². The van der Waals surface area contributed by atoms with Crippen molar-refractivity contribution in [1.29, 1.82) is 0 Å². The van der Waals surface area contributed by atoms with Crippen molar-refractivity contribution >= 4 is 47.7 Å². The lowest BCUT2D eigenvalue weighted by molar-refractivity contribution is -0.345. The summed E-state index contributed by atoms with van der Waals surface area (Å²) in [6, 6.07) is 0. The van der Waals surface area contributed by atoms with Crippen molar-refractivity contribution in [2.75, 3.05) is 13.2 Å². The molecule has 2 rings (SSSR count). The average Bonchev–Trinajstić information content (AvgIpc) is 3.26. The number of nitrogens with one attached hydrogen (secondary N) is 1. The van der Waals surface area contributed by atoms with Gasteiger partial charge in [-0.2, -0.15) is 0 Å². The van der Waals surface area contributed by atoms with Gasteiger partial charge in [0, 0.05) is 58.9 Å². The number of hydrogen-bond acceptors (Lipinski definition) is 18. The molecular weight excluding hydrogens is 830 g/mol. The van der Waals surface area contributed by atoms with Crippen molar-refractivity contribution in [1.82, 2.24) is 5.32 Å². The van der Waals surface area contributed by atoms with Gasteiger partial charge >= 0.3 is 41.8 Å². The molecule has 2 aliphatic rings. The van der Waals surface area contributed by atoms with Crippen molar-refractivity contribution < 1.29 is 89.8 Å². The highest BCUT2D eigenvalue weighted by atomic mass is 16.8. The zero-order valence-corrected chi connectivity index (χ0v) is 37.5. The molecule has 2 aliphatic heterocycles. The molecule has 0 radical (unpaired) electrons. The number of amides is 1. The molecule has 19 nitrogen and oxygen atoms in total. The van der Waals surface area contributed by atoms with E-state index in [-0.39, 0.29) is 6.42 Å². The van der Waals surface area contributed by atoms with Crippen molar-refractivity contribution in [3.8, 4) is 0 Å². The number of esters is 7. The van der Waals surface area contributed by atoms with Crippen LogP contribution < -0.4 is 5.32 Å². The Morgan fingerprint density at radius 2 is 0.873 bits per heavy atom. The normalized spacial score (nSPS) is 26.1. The first-order chi connectivity index (χ1) is 31.5. The summed E-state index contributed by atoms with van der Waals surface area (Å²) >= 11 is 0. The van der Waals surface area contributed by atoms with Crippen LogP contribution in [0, 0.1) is 0 Å². The molecule has 0 spiro atoms. The van der Waals surface area contributed by atoms with Crippen LogP contribution in [0.2, 0.25) is 0 Å². The maximum absolute atomic E-state index is 13.4. The molecule has 2 fully saturated rings. The van der Waals surface area contributed by atoms with E-state index in [1.165, 1.54) is 57.8 Å². The van der Waals surface area contributed by atoms with E-state index in [1.807, 2.05) is 0 Å². The van der Waals surface area contributed by atoms with Gasteiger partial charge in [-0.15, -0.1) is 0 Å². The lowest BCUT2D eigenvalue weighted by Crippen LogP contribution is -2.68. The van der Waals surface area contributed by atoms with E-state index in [1.54, 1.807) is 0 Å². The summed E-state index contributed by atoms with van der Waals surface area (Å²) in [6.07, 6.45) is -0.424. The summed E-state index contributed by atoms with van der Waals surface area (Å²) in [4.78, 5) is 101. The first-order valence-corrected chi connectivity index (χ1v) is 21.9. The van der Waals surface area contributed by atoms with Gasteiger partial charge in [-0.05, 0) is 6.42 Å². The van der Waals surface area contributed by atoms with Crippen LogP contribution in [0.25, 0.3) is 0 Å². The molecule has 19 heteroatoms. The molecule has 2 saturated heterocycles. The minimum atomic E-state index is -1.94. The highest BCUT2D eigenvalue weighted by Crippen LogP contribution is 2.35. The minimum absolute atomic E-state index is 0.0115. The number of carbonyl (C=O) groups is 8. The monoisotopic (exact) mass is 904 g/mol. The molecular formula is C44H71NO18. The smallest absolute Gasteiger partial charge is 0.303 e. The first-order valence-electron chi connectivity index (χ1n) is 24.0. The molecule has 1 amide bonds. The van der Waals surface area contributed by atoms with E-state index in [2.05, 4.69) is 12.2 Å². The number of ether oxygens (including phenoxy) is 10. The van der Waals surface area contributed by atoms with Gasteiger partial charge in [0.05, 0.1) is 0 Å². The summed E-state index contributed by atoms with van der Waals surface area (Å²) in [5.74, 6) is -7.60. The van der Waals surface area contributed by atoms with E-state index in [0.29, 0.717) is 6.42 Å². The Morgan fingerprint density at radius 3 is 1.37 bits per heavy atom. The molecule has 0 saturated carbocycles. The van der Waals surface area contributed by atoms with E-state index < -0.39 is 143 Å². The fourth-order valence-corrected chi connectivity index (χ4v) is 7.41. The van der Waals surface area contributed by atoms with Crippen LogP contribution in [0.15, 0.2) is 0 Å². The lowest BCUT2D eigenvalue weighted by atomic mass is 9.95. The number of unbranched alkanes of at least 4 members (excludes halogenated alkanes) is 14. The van der Waals surface area contributed by atoms with E-state index in [0.717, 1.165) is 59.8 Å². The number of rotatable bonds is 28. The van der Waals surface area contributed by atoms with Gasteiger partial charge in [-0.25, -0.2) is 0 Å². The summed E-state index contributed by atoms with van der Waals surface area (Å²) in [5, 5.41) is 2.62. The summed E-state index contributed by atoms with van der Waals surface area (Å²) < 4.78 is 79.3. The third-order valence-corrected chi connectivity index (χ3v) is 10.1. The second kappa shape index (κ2) is 29.9. The van der Waals surface area contributed by atoms with Gasteiger partial charge in [0.15, 0.2) is 43.0 Å². The molecule has 0 aromatic rings. The molecule has 2 heterocycles. The third kappa shape index (κ3) is 21.7. The van der Waals surface area contributed by atoms with Crippen molar-refractivity contribution in [3.05, 3.63) is 0 Å². The summed E-state index contributed by atoms with van der Waals surface area (Å²) in [5.41, 5.74) is 0. The van der Waals surface area contributed by atoms with E-state index in [9.17, 15) is 38.4 Å². The molecule has 1 unspecified atom stereocenters. The summed E-state index contributed by atoms with van der Waals surface area (Å²) in [6.45, 7) is 2.16. The minimum Gasteiger partial charge on any atom is -0.463 e. The van der Waals surface area contributed by atoms with Gasteiger partial charge < -0.3 is 52.7 Å². The van der Waals surface area contributed by atoms with Crippen molar-refractivity contribution in [2.45, 2.75) is 219 Å². The van der Waals surface area contributed by atoms with E-state index >= 15 is 0 Å². The second-order valence-corrected chi connectivity index (χ2v) is 15.6. The van der Waals surface area contributed by atoms with Crippen LogP contribution in [0.4, 0.5) is 0 Å². The largest absolute Gasteiger partial charge is 0.463 e. The molecule has 10 atom stereocenters. The predicted molar refractivity (Wildman–Crippen MR) is 221 cm³/mol. The van der Waals surface area contributed by atoms with Gasteiger partial charge in [0.1, 0.15) is 31.5 Å². The van der Waals surface area contributed by atoms with Crippen LogP contribution in [0.3, 0.4) is 0 Å². The second-order valence-electron chi connectivity index (χ2n) is 15.6. The highest BCUT2D eigenvalue weighted by Gasteiger charge is 2.57. The Labute approximate surface area is 375 Å². The van der Waals surface area contributed by atoms with Gasteiger partial charge in [0.2, 0.25) is 5.91 Å². The Hall–Kier alpha value is -4.36. The van der Waals surface area contributed by atoms with Crippen LogP contribution >= 0.6 is 0 Å². The zero-order chi connectivity index (χ0) is 49.0. The van der Waals surface area contributed by atoms with Crippen LogP contribution in [-0.2, 0) is 85.7 Å². The molecule has 1 N–H and O–H groups in total. The fraction of sp³-hybridized carbons (Fsp3) is 0.818. The predicted octanol–water partition coefficient (Wildman–Crippen LogP) is 4.98. The standard InChI is InChI=1S/C44H71NO18/c1-9-10-11-12-13-14-15-16-17-18-19-20-21-22-23-24-36(53)45-43-41(59-32(7)51)39(57-30(5)49)38(34(61-43)25-54-27(2)46)63-44-42(60-33(8)52)40(58-31(6)50)37(56-29(4)48)35(62-44)26-55-28(3)47/h34-35,37-44H,9-26H2,1-8H3,(H,45,53)/t34-,35-,37-,38-,39+,40+,41+,42+,43?,44+/m1/s1/i2D,5D,7D. The van der Waals surface area contributed by atoms with Crippen molar-refractivity contribution in [3.63, 3.8) is 0 Å². The molecule has 63 heavy (non-hydrogen) atoms. The first kappa shape index (κ1) is 49.7. The average molecular weight is 905 g/mol. The quantitative estimate of drug-likeness (QED) is 0.0618. The maximum Gasteiger partial charge on any atom is 0.303 e. The SMILES string of the molecule is [2H]CC(=O)OC[C@H]1OC(NC(=O)CCCCCCCCCCCCCCCCC)[C@@H](OC(=O)C[2H])[C@@H](OC(=O)C[2H])[C@@H]1O[C@@H]1O[C@H](COC(C)=O)[C@@H](OC(C)=O)[C@H](OC(C)=O)[C@@H]1OC(C)=O. The van der Waals surface area contributed by atoms with Gasteiger partial charge in [-0.1, -0.05) is 96.8 Å². The fourth-order valence-electron chi connectivity index (χ4n) is 7.41. The van der Waals surface area contributed by atoms with Gasteiger partial charge in [-0.3, -0.25) is 38.4 Å². The maximum atomic E-state index is 13.4. The number of hydrogen-bond donors (Lipinski definition) is 1. The van der Waals surface area contributed by atoms with Crippen LogP contribution in [0.1, 0.15) is 162 Å². The van der Waals surface area contributed by atoms with Crippen molar-refractivity contribution in [2.24, 2.45) is 0 Å². The Bertz CT molecular complexity index is 1540.